The fraction of sp³-hybridized carbons (Fsp3) is 0.500. The van der Waals surface area contributed by atoms with Gasteiger partial charge in [0.05, 0.1) is 10.7 Å². The summed E-state index contributed by atoms with van der Waals surface area (Å²) < 4.78 is 0. The molecule has 4 nitrogen and oxygen atoms in total. The smallest absolute Gasteiger partial charge is 0.122 e. The normalized spacial score (nSPS) is 15.7. The van der Waals surface area contributed by atoms with Crippen LogP contribution in [0.4, 0.5) is 5.69 Å². The summed E-state index contributed by atoms with van der Waals surface area (Å²) in [7, 11) is 2.05. The fourth-order valence-corrected chi connectivity index (χ4v) is 2.73. The van der Waals surface area contributed by atoms with Gasteiger partial charge in [-0.15, -0.1) is 0 Å². The third kappa shape index (κ3) is 3.61. The van der Waals surface area contributed by atoms with E-state index in [1.165, 1.54) is 25.9 Å². The van der Waals surface area contributed by atoms with Gasteiger partial charge in [-0.3, -0.25) is 5.41 Å². The average molecular weight is 281 g/mol. The number of amidine groups is 1. The molecule has 0 unspecified atom stereocenters. The van der Waals surface area contributed by atoms with Crippen LogP contribution in [-0.2, 0) is 0 Å². The van der Waals surface area contributed by atoms with Crippen molar-refractivity contribution in [3.63, 3.8) is 0 Å². The second-order valence-electron chi connectivity index (χ2n) is 5.05. The Kier molecular flexibility index (Phi) is 4.66. The van der Waals surface area contributed by atoms with Gasteiger partial charge in [0, 0.05) is 25.7 Å². The number of rotatable bonds is 5. The van der Waals surface area contributed by atoms with Crippen molar-refractivity contribution in [2.45, 2.75) is 12.8 Å². The zero-order valence-corrected chi connectivity index (χ0v) is 12.1. The first-order valence-corrected chi connectivity index (χ1v) is 7.03. The molecule has 0 atom stereocenters. The van der Waals surface area contributed by atoms with E-state index < -0.39 is 0 Å². The first-order valence-electron chi connectivity index (χ1n) is 6.65. The lowest BCUT2D eigenvalue weighted by Crippen LogP contribution is -2.31. The van der Waals surface area contributed by atoms with Crippen LogP contribution in [0.15, 0.2) is 18.2 Å². The molecule has 1 aliphatic heterocycles. The lowest BCUT2D eigenvalue weighted by atomic mass is 10.2. The maximum Gasteiger partial charge on any atom is 0.122 e. The molecule has 0 aromatic heterocycles. The van der Waals surface area contributed by atoms with Crippen molar-refractivity contribution in [2.75, 3.05) is 38.1 Å². The predicted molar refractivity (Wildman–Crippen MR) is 81.4 cm³/mol. The fourth-order valence-electron chi connectivity index (χ4n) is 2.40. The molecule has 0 saturated carbocycles. The Morgan fingerprint density at radius 3 is 2.68 bits per heavy atom. The van der Waals surface area contributed by atoms with Crippen molar-refractivity contribution < 1.29 is 0 Å². The number of halogens is 1. The van der Waals surface area contributed by atoms with Crippen LogP contribution < -0.4 is 10.6 Å². The van der Waals surface area contributed by atoms with E-state index in [1.54, 1.807) is 6.07 Å². The zero-order valence-electron chi connectivity index (χ0n) is 11.3. The van der Waals surface area contributed by atoms with Gasteiger partial charge >= 0.3 is 0 Å². The van der Waals surface area contributed by atoms with Crippen LogP contribution in [0.25, 0.3) is 0 Å². The van der Waals surface area contributed by atoms with Crippen LogP contribution in [-0.4, -0.2) is 44.0 Å². The maximum absolute atomic E-state index is 7.40. The second kappa shape index (κ2) is 6.26. The van der Waals surface area contributed by atoms with E-state index in [0.717, 1.165) is 18.8 Å². The van der Waals surface area contributed by atoms with E-state index >= 15 is 0 Å². The number of benzene rings is 1. The number of nitrogens with two attached hydrogens (primary N) is 1. The van der Waals surface area contributed by atoms with E-state index in [4.69, 9.17) is 22.7 Å². The Labute approximate surface area is 119 Å². The van der Waals surface area contributed by atoms with Gasteiger partial charge in [0.1, 0.15) is 5.84 Å². The van der Waals surface area contributed by atoms with Crippen molar-refractivity contribution >= 4 is 23.1 Å². The molecule has 1 saturated heterocycles. The van der Waals surface area contributed by atoms with Crippen LogP contribution in [0.5, 0.6) is 0 Å². The Hall–Kier alpha value is -1.26. The van der Waals surface area contributed by atoms with Crippen molar-refractivity contribution in [3.05, 3.63) is 28.8 Å². The zero-order chi connectivity index (χ0) is 13.8. The molecule has 1 aromatic rings. The molecule has 1 aliphatic rings. The Morgan fingerprint density at radius 2 is 2.11 bits per heavy atom. The summed E-state index contributed by atoms with van der Waals surface area (Å²) in [6.07, 6.45) is 2.63. The average Bonchev–Trinajstić information content (AvgIpc) is 2.88. The van der Waals surface area contributed by atoms with Gasteiger partial charge in [-0.05, 0) is 44.1 Å². The molecule has 0 amide bonds. The van der Waals surface area contributed by atoms with E-state index in [-0.39, 0.29) is 5.84 Å². The minimum Gasteiger partial charge on any atom is -0.384 e. The van der Waals surface area contributed by atoms with Crippen LogP contribution in [0.2, 0.25) is 5.02 Å². The topological polar surface area (TPSA) is 56.4 Å². The standard InChI is InChI=1S/C14H21ClN4/c1-18(8-9-19-6-2-3-7-19)13-5-4-11(14(16)17)10-12(13)15/h4-5,10H,2-3,6-9H2,1H3,(H3,16,17). The molecular weight excluding hydrogens is 260 g/mol. The van der Waals surface area contributed by atoms with Gasteiger partial charge in [-0.2, -0.15) is 0 Å². The molecule has 0 spiro atoms. The number of nitrogens with zero attached hydrogens (tertiary/aromatic N) is 2. The number of likely N-dealkylation sites (N-methyl/N-ethyl adjacent to an activating group) is 1. The maximum atomic E-state index is 7.40. The predicted octanol–water partition coefficient (Wildman–Crippen LogP) is 2.16. The van der Waals surface area contributed by atoms with Gasteiger partial charge in [0.25, 0.3) is 0 Å². The van der Waals surface area contributed by atoms with Crippen molar-refractivity contribution in [2.24, 2.45) is 5.73 Å². The number of anilines is 1. The lowest BCUT2D eigenvalue weighted by molar-refractivity contribution is 0.346. The van der Waals surface area contributed by atoms with Crippen molar-refractivity contribution in [1.82, 2.24) is 4.90 Å². The van der Waals surface area contributed by atoms with Crippen LogP contribution in [0.1, 0.15) is 18.4 Å². The minimum atomic E-state index is 0.0492. The van der Waals surface area contributed by atoms with E-state index in [2.05, 4.69) is 9.80 Å². The highest BCUT2D eigenvalue weighted by molar-refractivity contribution is 6.33. The number of nitrogen functional groups attached to an aromatic ring is 1. The van der Waals surface area contributed by atoms with Crippen molar-refractivity contribution in [1.29, 1.82) is 5.41 Å². The molecule has 1 heterocycles. The van der Waals surface area contributed by atoms with Crippen LogP contribution in [0.3, 0.4) is 0 Å². The summed E-state index contributed by atoms with van der Waals surface area (Å²) in [4.78, 5) is 4.64. The Balaban J connectivity index is 1.98. The summed E-state index contributed by atoms with van der Waals surface area (Å²) in [5, 5.41) is 8.05. The molecule has 0 radical (unpaired) electrons. The lowest BCUT2D eigenvalue weighted by Gasteiger charge is -2.24. The Morgan fingerprint density at radius 1 is 1.42 bits per heavy atom. The van der Waals surface area contributed by atoms with E-state index in [9.17, 15) is 0 Å². The van der Waals surface area contributed by atoms with Gasteiger partial charge < -0.3 is 15.5 Å². The monoisotopic (exact) mass is 280 g/mol. The summed E-state index contributed by atoms with van der Waals surface area (Å²) in [6, 6.07) is 5.53. The van der Waals surface area contributed by atoms with Crippen LogP contribution >= 0.6 is 11.6 Å². The summed E-state index contributed by atoms with van der Waals surface area (Å²) in [5.74, 6) is 0.0492. The number of hydrogen-bond donors (Lipinski definition) is 2. The van der Waals surface area contributed by atoms with E-state index in [1.807, 2.05) is 19.2 Å². The van der Waals surface area contributed by atoms with E-state index in [0.29, 0.717) is 10.6 Å². The molecule has 104 valence electrons. The van der Waals surface area contributed by atoms with Gasteiger partial charge in [-0.25, -0.2) is 0 Å². The van der Waals surface area contributed by atoms with Crippen LogP contribution in [0, 0.1) is 5.41 Å². The summed E-state index contributed by atoms with van der Waals surface area (Å²) in [6.45, 7) is 4.45. The summed E-state index contributed by atoms with van der Waals surface area (Å²) >= 11 is 6.26. The SMILES string of the molecule is CN(CCN1CCCC1)c1ccc(C(=N)N)cc1Cl. The highest BCUT2D eigenvalue weighted by Gasteiger charge is 2.13. The molecule has 2 rings (SSSR count). The molecule has 1 fully saturated rings. The van der Waals surface area contributed by atoms with Gasteiger partial charge in [-0.1, -0.05) is 11.6 Å². The molecule has 19 heavy (non-hydrogen) atoms. The molecule has 5 heteroatoms. The largest absolute Gasteiger partial charge is 0.384 e. The van der Waals surface area contributed by atoms with Crippen molar-refractivity contribution in [3.8, 4) is 0 Å². The number of likely N-dealkylation sites (tertiary alicyclic amines) is 1. The second-order valence-corrected chi connectivity index (χ2v) is 5.46. The number of nitrogens with one attached hydrogen (secondary N) is 1. The molecular formula is C14H21ClN4. The third-order valence-corrected chi connectivity index (χ3v) is 3.92. The number of hydrogen-bond acceptors (Lipinski definition) is 3. The molecule has 0 bridgehead atoms. The minimum absolute atomic E-state index is 0.0492. The quantitative estimate of drug-likeness (QED) is 0.642. The summed E-state index contributed by atoms with van der Waals surface area (Å²) in [5.41, 5.74) is 7.11. The molecule has 0 aliphatic carbocycles. The third-order valence-electron chi connectivity index (χ3n) is 3.62. The first-order chi connectivity index (χ1) is 9.08. The highest BCUT2D eigenvalue weighted by atomic mass is 35.5. The van der Waals surface area contributed by atoms with Gasteiger partial charge in [0.15, 0.2) is 0 Å². The molecule has 1 aromatic carbocycles. The Bertz CT molecular complexity index is 455. The van der Waals surface area contributed by atoms with Gasteiger partial charge in [0.2, 0.25) is 0 Å². The molecule has 3 N–H and O–H groups in total. The highest BCUT2D eigenvalue weighted by Crippen LogP contribution is 2.26. The first kappa shape index (κ1) is 14.2.